The maximum Gasteiger partial charge on any atom is 0.0557 e. The SMILES string of the molecule is CC(Cl)c1ccc2[nH]c3ccccc3c2c1. The zero-order chi connectivity index (χ0) is 11.1. The largest absolute Gasteiger partial charge is 0.355 e. The minimum Gasteiger partial charge on any atom is -0.355 e. The fourth-order valence-corrected chi connectivity index (χ4v) is 2.25. The van der Waals surface area contributed by atoms with Gasteiger partial charge in [0.2, 0.25) is 0 Å². The Bertz CT molecular complexity index is 652. The second-order valence-electron chi connectivity index (χ2n) is 4.09. The predicted octanol–water partition coefficient (Wildman–Crippen LogP) is 4.62. The number of aromatic amines is 1. The van der Waals surface area contributed by atoms with Gasteiger partial charge in [0.25, 0.3) is 0 Å². The number of H-pyrrole nitrogens is 1. The highest BCUT2D eigenvalue weighted by atomic mass is 35.5. The molecule has 0 amide bonds. The fourth-order valence-electron chi connectivity index (χ4n) is 2.11. The van der Waals surface area contributed by atoms with Crippen LogP contribution in [0.15, 0.2) is 42.5 Å². The monoisotopic (exact) mass is 229 g/mol. The number of aromatic nitrogens is 1. The molecule has 2 aromatic carbocycles. The summed E-state index contributed by atoms with van der Waals surface area (Å²) in [6.07, 6.45) is 0. The smallest absolute Gasteiger partial charge is 0.0557 e. The van der Waals surface area contributed by atoms with E-state index in [-0.39, 0.29) is 5.38 Å². The topological polar surface area (TPSA) is 15.8 Å². The summed E-state index contributed by atoms with van der Waals surface area (Å²) in [6.45, 7) is 2.00. The third-order valence-corrected chi connectivity index (χ3v) is 3.24. The van der Waals surface area contributed by atoms with Crippen molar-refractivity contribution in [3.05, 3.63) is 48.0 Å². The standard InChI is InChI=1S/C14H12ClN/c1-9(15)10-6-7-14-12(8-10)11-4-2-3-5-13(11)16-14/h2-9,16H,1H3. The molecule has 0 aliphatic heterocycles. The summed E-state index contributed by atoms with van der Waals surface area (Å²) in [4.78, 5) is 3.40. The lowest BCUT2D eigenvalue weighted by atomic mass is 10.1. The van der Waals surface area contributed by atoms with Gasteiger partial charge in [0, 0.05) is 21.8 Å². The molecular formula is C14H12ClN. The van der Waals surface area contributed by atoms with Crippen LogP contribution in [0.5, 0.6) is 0 Å². The van der Waals surface area contributed by atoms with Crippen molar-refractivity contribution >= 4 is 33.4 Å². The second kappa shape index (κ2) is 3.53. The van der Waals surface area contributed by atoms with Gasteiger partial charge in [-0.05, 0) is 30.7 Å². The summed E-state index contributed by atoms with van der Waals surface area (Å²) >= 11 is 6.11. The molecule has 1 heterocycles. The van der Waals surface area contributed by atoms with Gasteiger partial charge in [0.15, 0.2) is 0 Å². The Morgan fingerprint density at radius 3 is 2.56 bits per heavy atom. The van der Waals surface area contributed by atoms with Crippen LogP contribution in [0.2, 0.25) is 0 Å². The van der Waals surface area contributed by atoms with Crippen LogP contribution in [0.25, 0.3) is 21.8 Å². The van der Waals surface area contributed by atoms with Gasteiger partial charge in [-0.25, -0.2) is 0 Å². The van der Waals surface area contributed by atoms with Crippen molar-refractivity contribution in [2.24, 2.45) is 0 Å². The normalized spacial score (nSPS) is 13.4. The Morgan fingerprint density at radius 1 is 1.00 bits per heavy atom. The predicted molar refractivity (Wildman–Crippen MR) is 70.1 cm³/mol. The highest BCUT2D eigenvalue weighted by Gasteiger charge is 2.06. The van der Waals surface area contributed by atoms with Gasteiger partial charge >= 0.3 is 0 Å². The molecule has 0 saturated heterocycles. The molecule has 0 aliphatic rings. The van der Waals surface area contributed by atoms with E-state index in [1.165, 1.54) is 27.4 Å². The first-order chi connectivity index (χ1) is 7.75. The molecule has 1 atom stereocenters. The van der Waals surface area contributed by atoms with Crippen LogP contribution in [-0.2, 0) is 0 Å². The molecule has 16 heavy (non-hydrogen) atoms. The second-order valence-corrected chi connectivity index (χ2v) is 4.75. The van der Waals surface area contributed by atoms with E-state index in [4.69, 9.17) is 11.6 Å². The number of nitrogens with one attached hydrogen (secondary N) is 1. The first kappa shape index (κ1) is 9.73. The molecule has 2 heteroatoms. The van der Waals surface area contributed by atoms with Crippen molar-refractivity contribution in [1.82, 2.24) is 4.98 Å². The summed E-state index contributed by atoms with van der Waals surface area (Å²) in [5, 5.41) is 2.57. The quantitative estimate of drug-likeness (QED) is 0.586. The lowest BCUT2D eigenvalue weighted by molar-refractivity contribution is 1.09. The molecule has 1 unspecified atom stereocenters. The minimum absolute atomic E-state index is 0.0538. The lowest BCUT2D eigenvalue weighted by Gasteiger charge is -2.02. The van der Waals surface area contributed by atoms with Gasteiger partial charge in [-0.15, -0.1) is 11.6 Å². The van der Waals surface area contributed by atoms with Crippen LogP contribution < -0.4 is 0 Å². The molecule has 1 N–H and O–H groups in total. The first-order valence-corrected chi connectivity index (χ1v) is 5.84. The van der Waals surface area contributed by atoms with E-state index in [2.05, 4.69) is 41.4 Å². The van der Waals surface area contributed by atoms with Gasteiger partial charge < -0.3 is 4.98 Å². The number of hydrogen-bond acceptors (Lipinski definition) is 0. The Kier molecular flexibility index (Phi) is 2.15. The van der Waals surface area contributed by atoms with Gasteiger partial charge in [-0.3, -0.25) is 0 Å². The van der Waals surface area contributed by atoms with E-state index in [9.17, 15) is 0 Å². The minimum atomic E-state index is 0.0538. The van der Waals surface area contributed by atoms with Gasteiger partial charge in [0.1, 0.15) is 0 Å². The molecule has 1 aromatic heterocycles. The van der Waals surface area contributed by atoms with E-state index in [1.54, 1.807) is 0 Å². The molecule has 0 radical (unpaired) electrons. The van der Waals surface area contributed by atoms with Gasteiger partial charge in [-0.2, -0.15) is 0 Å². The Hall–Kier alpha value is -1.47. The van der Waals surface area contributed by atoms with Crippen LogP contribution in [0.1, 0.15) is 17.9 Å². The number of fused-ring (bicyclic) bond motifs is 3. The van der Waals surface area contributed by atoms with Crippen molar-refractivity contribution in [2.75, 3.05) is 0 Å². The highest BCUT2D eigenvalue weighted by Crippen LogP contribution is 2.29. The number of benzene rings is 2. The van der Waals surface area contributed by atoms with E-state index >= 15 is 0 Å². The molecule has 0 fully saturated rings. The molecule has 0 aliphatic carbocycles. The van der Waals surface area contributed by atoms with Crippen LogP contribution in [-0.4, -0.2) is 4.98 Å². The van der Waals surface area contributed by atoms with Crippen molar-refractivity contribution in [3.8, 4) is 0 Å². The Morgan fingerprint density at radius 2 is 1.75 bits per heavy atom. The maximum atomic E-state index is 6.11. The molecular weight excluding hydrogens is 218 g/mol. The molecule has 80 valence electrons. The molecule has 0 saturated carbocycles. The number of alkyl halides is 1. The van der Waals surface area contributed by atoms with E-state index in [1.807, 2.05) is 13.0 Å². The lowest BCUT2D eigenvalue weighted by Crippen LogP contribution is -1.82. The van der Waals surface area contributed by atoms with Crippen LogP contribution >= 0.6 is 11.6 Å². The number of halogens is 1. The zero-order valence-electron chi connectivity index (χ0n) is 9.00. The Labute approximate surface area is 99.0 Å². The summed E-state index contributed by atoms with van der Waals surface area (Å²) in [5.41, 5.74) is 3.51. The van der Waals surface area contributed by atoms with Crippen LogP contribution in [0.4, 0.5) is 0 Å². The number of rotatable bonds is 1. The Balaban J connectivity index is 2.40. The van der Waals surface area contributed by atoms with Crippen LogP contribution in [0, 0.1) is 0 Å². The van der Waals surface area contributed by atoms with E-state index < -0.39 is 0 Å². The first-order valence-electron chi connectivity index (χ1n) is 5.40. The van der Waals surface area contributed by atoms with Gasteiger partial charge in [0.05, 0.1) is 5.38 Å². The molecule has 0 bridgehead atoms. The summed E-state index contributed by atoms with van der Waals surface area (Å²) in [6, 6.07) is 14.7. The van der Waals surface area contributed by atoms with E-state index in [0.717, 1.165) is 0 Å². The van der Waals surface area contributed by atoms with Crippen molar-refractivity contribution in [3.63, 3.8) is 0 Å². The summed E-state index contributed by atoms with van der Waals surface area (Å²) in [5.74, 6) is 0. The fraction of sp³-hybridized carbons (Fsp3) is 0.143. The van der Waals surface area contributed by atoms with Crippen LogP contribution in [0.3, 0.4) is 0 Å². The average molecular weight is 230 g/mol. The number of hydrogen-bond donors (Lipinski definition) is 1. The molecule has 0 spiro atoms. The van der Waals surface area contributed by atoms with Crippen molar-refractivity contribution < 1.29 is 0 Å². The molecule has 1 nitrogen and oxygen atoms in total. The maximum absolute atomic E-state index is 6.11. The van der Waals surface area contributed by atoms with Crippen molar-refractivity contribution in [1.29, 1.82) is 0 Å². The van der Waals surface area contributed by atoms with Gasteiger partial charge in [-0.1, -0.05) is 24.3 Å². The molecule has 3 rings (SSSR count). The third kappa shape index (κ3) is 1.40. The zero-order valence-corrected chi connectivity index (χ0v) is 9.75. The van der Waals surface area contributed by atoms with Crippen molar-refractivity contribution in [2.45, 2.75) is 12.3 Å². The molecule has 3 aromatic rings. The highest BCUT2D eigenvalue weighted by molar-refractivity contribution is 6.21. The summed E-state index contributed by atoms with van der Waals surface area (Å²) < 4.78 is 0. The third-order valence-electron chi connectivity index (χ3n) is 2.99. The number of para-hydroxylation sites is 1. The van der Waals surface area contributed by atoms with E-state index in [0.29, 0.717) is 0 Å². The average Bonchev–Trinajstić information content (AvgIpc) is 2.66. The summed E-state index contributed by atoms with van der Waals surface area (Å²) in [7, 11) is 0.